The zero-order chi connectivity index (χ0) is 12.7. The number of amides is 1. The van der Waals surface area contributed by atoms with E-state index >= 15 is 0 Å². The van der Waals surface area contributed by atoms with Crippen molar-refractivity contribution in [1.29, 1.82) is 0 Å². The smallest absolute Gasteiger partial charge is 0.255 e. The minimum atomic E-state index is -2.56. The Balaban J connectivity index is 2.39. The fraction of sp³-hybridized carbons (Fsp3) is 0.900. The van der Waals surface area contributed by atoms with Crippen LogP contribution in [0.3, 0.4) is 0 Å². The Kier molecular flexibility index (Phi) is 6.31. The van der Waals surface area contributed by atoms with Gasteiger partial charge in [0.05, 0.1) is 19.7 Å². The number of rotatable bonds is 6. The van der Waals surface area contributed by atoms with E-state index in [1.165, 1.54) is 0 Å². The minimum Gasteiger partial charge on any atom is -0.395 e. The van der Waals surface area contributed by atoms with E-state index < -0.39 is 13.0 Å². The maximum Gasteiger partial charge on any atom is 0.255 e. The highest BCUT2D eigenvalue weighted by molar-refractivity contribution is 5.78. The third kappa shape index (κ3) is 5.38. The highest BCUT2D eigenvalue weighted by Crippen LogP contribution is 2.01. The molecular formula is C10H19F2N3O2. The summed E-state index contributed by atoms with van der Waals surface area (Å²) < 4.78 is 24.5. The summed E-state index contributed by atoms with van der Waals surface area (Å²) in [5.74, 6) is -0.346. The molecule has 0 spiro atoms. The molecule has 0 radical (unpaired) electrons. The van der Waals surface area contributed by atoms with Crippen LogP contribution >= 0.6 is 0 Å². The first-order valence-electron chi connectivity index (χ1n) is 5.73. The van der Waals surface area contributed by atoms with Crippen LogP contribution in [0.5, 0.6) is 0 Å². The van der Waals surface area contributed by atoms with Crippen molar-refractivity contribution in [1.82, 2.24) is 15.1 Å². The number of aliphatic hydroxyl groups excluding tert-OH is 1. The molecule has 0 bridgehead atoms. The fourth-order valence-corrected chi connectivity index (χ4v) is 1.77. The fourth-order valence-electron chi connectivity index (χ4n) is 1.77. The first-order valence-corrected chi connectivity index (χ1v) is 5.73. The molecule has 2 N–H and O–H groups in total. The van der Waals surface area contributed by atoms with Crippen LogP contribution in [0, 0.1) is 0 Å². The first-order chi connectivity index (χ1) is 8.13. The lowest BCUT2D eigenvalue weighted by atomic mass is 10.3. The third-order valence-electron chi connectivity index (χ3n) is 2.65. The molecule has 1 amide bonds. The summed E-state index contributed by atoms with van der Waals surface area (Å²) in [5, 5.41) is 11.9. The number of carbonyl (C=O) groups excluding carboxylic acids is 1. The van der Waals surface area contributed by atoms with E-state index in [2.05, 4.69) is 5.32 Å². The Hall–Kier alpha value is -0.790. The van der Waals surface area contributed by atoms with Crippen LogP contribution < -0.4 is 5.32 Å². The van der Waals surface area contributed by atoms with Gasteiger partial charge in [-0.3, -0.25) is 9.69 Å². The van der Waals surface area contributed by atoms with E-state index in [9.17, 15) is 13.6 Å². The number of nitrogens with zero attached hydrogens (tertiary/aromatic N) is 2. The van der Waals surface area contributed by atoms with Gasteiger partial charge in [-0.25, -0.2) is 8.78 Å². The second kappa shape index (κ2) is 7.52. The molecule has 1 aliphatic heterocycles. The molecule has 0 atom stereocenters. The molecule has 0 aromatic carbocycles. The number of hydrogen-bond acceptors (Lipinski definition) is 4. The molecule has 0 aromatic rings. The SMILES string of the molecule is O=C(CN1CCNCC1)N(CCO)CC(F)F. The maximum absolute atomic E-state index is 12.2. The number of hydrogen-bond donors (Lipinski definition) is 2. The van der Waals surface area contributed by atoms with Crippen LogP contribution in [0.2, 0.25) is 0 Å². The van der Waals surface area contributed by atoms with Crippen molar-refractivity contribution in [2.75, 3.05) is 52.4 Å². The lowest BCUT2D eigenvalue weighted by molar-refractivity contribution is -0.135. The maximum atomic E-state index is 12.2. The van der Waals surface area contributed by atoms with Gasteiger partial charge in [-0.2, -0.15) is 0 Å². The van der Waals surface area contributed by atoms with Crippen molar-refractivity contribution >= 4 is 5.91 Å². The Bertz CT molecular complexity index is 236. The van der Waals surface area contributed by atoms with E-state index in [1.54, 1.807) is 0 Å². The zero-order valence-corrected chi connectivity index (χ0v) is 9.74. The molecule has 0 aliphatic carbocycles. The van der Waals surface area contributed by atoms with Gasteiger partial charge < -0.3 is 15.3 Å². The van der Waals surface area contributed by atoms with Gasteiger partial charge in [0.1, 0.15) is 0 Å². The number of carbonyl (C=O) groups is 1. The van der Waals surface area contributed by atoms with Gasteiger partial charge >= 0.3 is 0 Å². The van der Waals surface area contributed by atoms with Gasteiger partial charge in [0.25, 0.3) is 6.43 Å². The van der Waals surface area contributed by atoms with Crippen molar-refractivity contribution in [3.8, 4) is 0 Å². The quantitative estimate of drug-likeness (QED) is 0.634. The number of nitrogens with one attached hydrogen (secondary N) is 1. The van der Waals surface area contributed by atoms with Gasteiger partial charge in [0.15, 0.2) is 0 Å². The van der Waals surface area contributed by atoms with Crippen LogP contribution in [0.25, 0.3) is 0 Å². The van der Waals surface area contributed by atoms with E-state index in [0.717, 1.165) is 31.1 Å². The topological polar surface area (TPSA) is 55.8 Å². The predicted molar refractivity (Wildman–Crippen MR) is 59.0 cm³/mol. The molecule has 100 valence electrons. The minimum absolute atomic E-state index is 0.0325. The third-order valence-corrected chi connectivity index (χ3v) is 2.65. The van der Waals surface area contributed by atoms with Crippen LogP contribution in [0.15, 0.2) is 0 Å². The van der Waals surface area contributed by atoms with Crippen LogP contribution in [-0.4, -0.2) is 79.7 Å². The Morgan fingerprint density at radius 3 is 2.59 bits per heavy atom. The summed E-state index contributed by atoms with van der Waals surface area (Å²) in [6, 6.07) is 0. The van der Waals surface area contributed by atoms with Crippen molar-refractivity contribution in [3.63, 3.8) is 0 Å². The highest BCUT2D eigenvalue weighted by Gasteiger charge is 2.20. The van der Waals surface area contributed by atoms with E-state index in [4.69, 9.17) is 5.11 Å². The molecule has 1 saturated heterocycles. The molecular weight excluding hydrogens is 232 g/mol. The summed E-state index contributed by atoms with van der Waals surface area (Å²) in [6.07, 6.45) is -2.56. The summed E-state index contributed by atoms with van der Waals surface area (Å²) >= 11 is 0. The van der Waals surface area contributed by atoms with Gasteiger partial charge in [0.2, 0.25) is 5.91 Å². The average Bonchev–Trinajstić information content (AvgIpc) is 2.29. The van der Waals surface area contributed by atoms with Gasteiger partial charge in [-0.05, 0) is 0 Å². The highest BCUT2D eigenvalue weighted by atomic mass is 19.3. The number of alkyl halides is 2. The summed E-state index contributed by atoms with van der Waals surface area (Å²) in [5.41, 5.74) is 0. The lowest BCUT2D eigenvalue weighted by Gasteiger charge is -2.29. The Morgan fingerprint density at radius 1 is 1.41 bits per heavy atom. The van der Waals surface area contributed by atoms with E-state index in [1.807, 2.05) is 4.90 Å². The average molecular weight is 251 g/mol. The molecule has 5 nitrogen and oxygen atoms in total. The molecule has 1 aliphatic rings. The molecule has 1 fully saturated rings. The van der Waals surface area contributed by atoms with Gasteiger partial charge in [0, 0.05) is 32.7 Å². The van der Waals surface area contributed by atoms with Crippen LogP contribution in [0.1, 0.15) is 0 Å². The lowest BCUT2D eigenvalue weighted by Crippen LogP contribution is -2.49. The second-order valence-corrected chi connectivity index (χ2v) is 3.98. The largest absolute Gasteiger partial charge is 0.395 e. The molecule has 0 saturated carbocycles. The second-order valence-electron chi connectivity index (χ2n) is 3.98. The van der Waals surface area contributed by atoms with Crippen molar-refractivity contribution < 1.29 is 18.7 Å². The Labute approximate surface area is 99.4 Å². The van der Waals surface area contributed by atoms with Gasteiger partial charge in [-0.15, -0.1) is 0 Å². The molecule has 17 heavy (non-hydrogen) atoms. The number of halogens is 2. The van der Waals surface area contributed by atoms with Crippen molar-refractivity contribution in [2.45, 2.75) is 6.43 Å². The normalized spacial score (nSPS) is 17.4. The number of aliphatic hydroxyl groups is 1. The summed E-state index contributed by atoms with van der Waals surface area (Å²) in [4.78, 5) is 14.7. The first kappa shape index (κ1) is 14.3. The number of piperazine rings is 1. The molecule has 0 aromatic heterocycles. The monoisotopic (exact) mass is 251 g/mol. The van der Waals surface area contributed by atoms with Crippen molar-refractivity contribution in [2.24, 2.45) is 0 Å². The molecule has 1 heterocycles. The van der Waals surface area contributed by atoms with Crippen LogP contribution in [-0.2, 0) is 4.79 Å². The van der Waals surface area contributed by atoms with Crippen molar-refractivity contribution in [3.05, 3.63) is 0 Å². The summed E-state index contributed by atoms with van der Waals surface area (Å²) in [6.45, 7) is 2.32. The van der Waals surface area contributed by atoms with E-state index in [0.29, 0.717) is 0 Å². The Morgan fingerprint density at radius 2 is 2.06 bits per heavy atom. The molecule has 7 heteroatoms. The molecule has 1 rings (SSSR count). The van der Waals surface area contributed by atoms with E-state index in [-0.39, 0.29) is 25.6 Å². The standard InChI is InChI=1S/C10H19F2N3O2/c11-9(12)7-15(5-6-16)10(17)8-14-3-1-13-2-4-14/h9,13,16H,1-8H2. The predicted octanol–water partition coefficient (Wildman–Crippen LogP) is -1.02. The summed E-state index contributed by atoms with van der Waals surface area (Å²) in [7, 11) is 0. The van der Waals surface area contributed by atoms with Crippen LogP contribution in [0.4, 0.5) is 8.78 Å². The van der Waals surface area contributed by atoms with Gasteiger partial charge in [-0.1, -0.05) is 0 Å². The zero-order valence-electron chi connectivity index (χ0n) is 9.74. The molecule has 0 unspecified atom stereocenters.